The van der Waals surface area contributed by atoms with Crippen LogP contribution in [0.3, 0.4) is 0 Å². The van der Waals surface area contributed by atoms with Crippen LogP contribution in [-0.2, 0) is 0 Å². The molecule has 111 heavy (non-hydrogen) atoms. The van der Waals surface area contributed by atoms with Crippen molar-refractivity contribution < 1.29 is 0 Å². The summed E-state index contributed by atoms with van der Waals surface area (Å²) in [6, 6.07) is 86.4. The van der Waals surface area contributed by atoms with Crippen LogP contribution in [0.25, 0.3) is 0 Å². The SMILES string of the molecule is C#Cc1ccccc1.C#Cc1ccccc1.C#Cc1ccccc1.C#Cc1ccccc1.C#Cc1ccccc1.C#Cc1ccccc1.C#Cc1ccccc1.C#Cc1ccccc1.C#Cc1ccccc1.CC12CC3(C)CC(C)(C1)CC(C)(C2)C3.CC12CC3CC(C)(C1)CC(C)(C3)C2.CC12CC3CC(C1)CC(C)(C3)C2. The zero-order valence-electron chi connectivity index (χ0n) is 68.1. The van der Waals surface area contributed by atoms with Crippen molar-refractivity contribution in [3.8, 4) is 111 Å². The lowest BCUT2D eigenvalue weighted by Crippen LogP contribution is -2.57. The van der Waals surface area contributed by atoms with E-state index in [0.29, 0.717) is 21.7 Å². The third kappa shape index (κ3) is 29.4. The van der Waals surface area contributed by atoms with E-state index in [4.69, 9.17) is 57.8 Å². The first-order valence-corrected chi connectivity index (χ1v) is 39.8. The van der Waals surface area contributed by atoms with Gasteiger partial charge in [-0.25, -0.2) is 0 Å². The summed E-state index contributed by atoms with van der Waals surface area (Å²) in [5.74, 6) is 26.0. The average Bonchev–Trinajstić information content (AvgIpc) is 0.689. The zero-order valence-corrected chi connectivity index (χ0v) is 68.1. The van der Waals surface area contributed by atoms with Crippen molar-refractivity contribution in [2.45, 2.75) is 178 Å². The van der Waals surface area contributed by atoms with E-state index in [1.54, 1.807) is 32.1 Å². The number of rotatable bonds is 0. The van der Waals surface area contributed by atoms with E-state index in [9.17, 15) is 0 Å². The van der Waals surface area contributed by atoms with Crippen molar-refractivity contribution in [1.29, 1.82) is 0 Å². The molecule has 0 heterocycles. The van der Waals surface area contributed by atoms with Crippen molar-refractivity contribution in [2.75, 3.05) is 0 Å². The largest absolute Gasteiger partial charge is 0.115 e. The summed E-state index contributed by atoms with van der Waals surface area (Å²) in [4.78, 5) is 0. The van der Waals surface area contributed by atoms with Gasteiger partial charge < -0.3 is 0 Å². The molecule has 9 aromatic rings. The second-order valence-electron chi connectivity index (χ2n) is 35.9. The minimum Gasteiger partial charge on any atom is -0.115 e. The smallest absolute Gasteiger partial charge is 0.0242 e. The molecule has 0 nitrogen and oxygen atoms in total. The summed E-state index contributed by atoms with van der Waals surface area (Å²) >= 11 is 0. The van der Waals surface area contributed by atoms with Crippen molar-refractivity contribution >= 4 is 0 Å². The van der Waals surface area contributed by atoms with Crippen LogP contribution >= 0.6 is 0 Å². The summed E-state index contributed by atoms with van der Waals surface area (Å²) in [6.45, 7) is 23.0. The van der Waals surface area contributed by atoms with Gasteiger partial charge in [0.05, 0.1) is 0 Å². The predicted octanol–water partition coefficient (Wildman–Crippen LogP) is 27.0. The molecule has 0 aliphatic heterocycles. The summed E-state index contributed by atoms with van der Waals surface area (Å²) in [5, 5.41) is 0. The van der Waals surface area contributed by atoms with E-state index in [2.05, 4.69) is 116 Å². The van der Waals surface area contributed by atoms with Gasteiger partial charge in [-0.3, -0.25) is 0 Å². The van der Waals surface area contributed by atoms with Crippen LogP contribution in [0.2, 0.25) is 0 Å². The molecule has 0 spiro atoms. The second kappa shape index (κ2) is 41.7. The van der Waals surface area contributed by atoms with E-state index >= 15 is 0 Å². The van der Waals surface area contributed by atoms with Gasteiger partial charge in [0, 0.05) is 50.1 Å². The zero-order chi connectivity index (χ0) is 80.3. The quantitative estimate of drug-likeness (QED) is 0.133. The summed E-state index contributed by atoms with van der Waals surface area (Å²) < 4.78 is 0. The van der Waals surface area contributed by atoms with Crippen molar-refractivity contribution in [3.05, 3.63) is 323 Å². The lowest BCUT2D eigenvalue weighted by molar-refractivity contribution is -0.176. The highest BCUT2D eigenvalue weighted by Gasteiger charge is 2.62. The normalized spacial score (nSPS) is 27.7. The molecule has 564 valence electrons. The molecule has 9 aromatic carbocycles. The molecule has 12 bridgehead atoms. The first kappa shape index (κ1) is 87.2. The van der Waals surface area contributed by atoms with E-state index < -0.39 is 0 Å². The van der Waals surface area contributed by atoms with Gasteiger partial charge in [-0.1, -0.05) is 279 Å². The van der Waals surface area contributed by atoms with Crippen molar-refractivity contribution in [1.82, 2.24) is 0 Å². The van der Waals surface area contributed by atoms with Gasteiger partial charge in [-0.05, 0) is 291 Å². The van der Waals surface area contributed by atoms with Crippen molar-refractivity contribution in [2.24, 2.45) is 66.5 Å². The van der Waals surface area contributed by atoms with Gasteiger partial charge in [0.15, 0.2) is 0 Å². The summed E-state index contributed by atoms with van der Waals surface area (Å²) in [6.07, 6.45) is 73.4. The monoisotopic (exact) mass is 1450 g/mol. The lowest BCUT2D eigenvalue weighted by Gasteiger charge is -2.68. The molecule has 12 fully saturated rings. The van der Waals surface area contributed by atoms with Gasteiger partial charge in [-0.2, -0.15) is 0 Å². The van der Waals surface area contributed by atoms with Gasteiger partial charge in [-0.15, -0.1) is 57.8 Å². The van der Waals surface area contributed by atoms with Crippen LogP contribution in [0.5, 0.6) is 0 Å². The number of hydrogen-bond acceptors (Lipinski definition) is 0. The van der Waals surface area contributed by atoms with Gasteiger partial charge in [0.2, 0.25) is 0 Å². The molecule has 21 rings (SSSR count). The van der Waals surface area contributed by atoms with Crippen LogP contribution in [-0.4, -0.2) is 0 Å². The van der Waals surface area contributed by atoms with Gasteiger partial charge in [0.25, 0.3) is 0 Å². The summed E-state index contributed by atoms with van der Waals surface area (Å²) in [5.41, 5.74) is 14.9. The van der Waals surface area contributed by atoms with Crippen LogP contribution in [0.15, 0.2) is 273 Å². The van der Waals surface area contributed by atoms with Crippen molar-refractivity contribution in [3.63, 3.8) is 0 Å². The minimum atomic E-state index is 0.688. The Morgan fingerprint density at radius 2 is 0.288 bits per heavy atom. The molecule has 0 unspecified atom stereocenters. The Labute approximate surface area is 674 Å². The highest BCUT2D eigenvalue weighted by molar-refractivity contribution is 5.37. The molecular formula is C111H120. The fourth-order valence-corrected chi connectivity index (χ4v) is 23.0. The maximum Gasteiger partial charge on any atom is 0.0242 e. The van der Waals surface area contributed by atoms with Crippen LogP contribution < -0.4 is 0 Å². The maximum atomic E-state index is 5.10. The van der Waals surface area contributed by atoms with E-state index in [-0.39, 0.29) is 0 Å². The molecule has 0 N–H and O–H groups in total. The minimum absolute atomic E-state index is 0.688. The molecule has 12 aliphatic rings. The Kier molecular flexibility index (Phi) is 32.8. The van der Waals surface area contributed by atoms with E-state index in [1.165, 1.54) is 83.5 Å². The van der Waals surface area contributed by atoms with Gasteiger partial charge in [0.1, 0.15) is 0 Å². The molecule has 0 heteroatoms. The fourth-order valence-electron chi connectivity index (χ4n) is 23.0. The Morgan fingerprint density at radius 3 is 0.396 bits per heavy atom. The number of terminal acetylenes is 9. The Bertz CT molecular complexity index is 3770. The molecule has 12 saturated carbocycles. The number of hydrogen-bond donors (Lipinski definition) is 0. The molecule has 12 aliphatic carbocycles. The lowest BCUT2D eigenvalue weighted by atomic mass is 9.37. The topological polar surface area (TPSA) is 0 Å². The third-order valence-corrected chi connectivity index (χ3v) is 23.1. The first-order valence-electron chi connectivity index (χ1n) is 39.8. The first-order chi connectivity index (χ1) is 53.1. The molecule has 0 saturated heterocycles. The Morgan fingerprint density at radius 1 is 0.171 bits per heavy atom. The Balaban J connectivity index is 0.000000169. The van der Waals surface area contributed by atoms with Crippen LogP contribution in [0.4, 0.5) is 0 Å². The maximum absolute atomic E-state index is 5.10. The van der Waals surface area contributed by atoms with E-state index in [0.717, 1.165) is 94.9 Å². The fraction of sp³-hybridized carbons (Fsp3) is 0.351. The third-order valence-electron chi connectivity index (χ3n) is 23.1. The molecule has 0 radical (unpaired) electrons. The molecule has 0 amide bonds. The summed E-state index contributed by atoms with van der Waals surface area (Å²) in [7, 11) is 0. The number of benzene rings is 9. The second-order valence-corrected chi connectivity index (χ2v) is 35.9. The average molecular weight is 1450 g/mol. The van der Waals surface area contributed by atoms with Crippen LogP contribution in [0, 0.1) is 178 Å². The predicted molar refractivity (Wildman–Crippen MR) is 476 cm³/mol. The molecule has 0 atom stereocenters. The van der Waals surface area contributed by atoms with Gasteiger partial charge >= 0.3 is 0 Å². The van der Waals surface area contributed by atoms with Crippen LogP contribution in [0.1, 0.15) is 228 Å². The molecular weight excluding hydrogens is 1330 g/mol. The highest BCUT2D eigenvalue weighted by Crippen LogP contribution is 2.74. The Hall–Kier alpha value is -11.0. The highest BCUT2D eigenvalue weighted by atomic mass is 14.7. The standard InChI is InChI=1S/C14H24.C13H22.C12H20.9C8H6/c1-11-5-12(2)8-13(3,6-11)10-14(4,7-11)9-12;1-11-4-10-5-12(2,7-11)9-13(3,6-10)8-11;1-11-4-9-3-10(5-11)7-12(2,6-9)8-11;9*1-2-8-6-4-3-5-7-8/h5-10H2,1-4H3;10H,4-9H2,1-3H3;9-10H,3-8H2,1-2H3;9*1,3-7H. The van der Waals surface area contributed by atoms with E-state index in [1.807, 2.05) is 273 Å². The molecule has 0 aromatic heterocycles.